The van der Waals surface area contributed by atoms with Gasteiger partial charge in [-0.1, -0.05) is 24.3 Å². The molecule has 110 valence electrons. The quantitative estimate of drug-likeness (QED) is 0.567. The van der Waals surface area contributed by atoms with Crippen molar-refractivity contribution in [3.05, 3.63) is 42.0 Å². The lowest BCUT2D eigenvalue weighted by atomic mass is 10.1. The van der Waals surface area contributed by atoms with Crippen molar-refractivity contribution < 1.29 is 9.53 Å². The molecule has 0 unspecified atom stereocenters. The van der Waals surface area contributed by atoms with Crippen molar-refractivity contribution in [3.8, 4) is 0 Å². The van der Waals surface area contributed by atoms with Crippen molar-refractivity contribution in [2.75, 3.05) is 25.1 Å². The van der Waals surface area contributed by atoms with Crippen molar-refractivity contribution in [1.29, 1.82) is 0 Å². The van der Waals surface area contributed by atoms with E-state index in [1.165, 1.54) is 0 Å². The van der Waals surface area contributed by atoms with Crippen molar-refractivity contribution in [1.82, 2.24) is 5.32 Å². The SMILES string of the molecule is C=C(C)COCCNC(=O)c1ccccc1NC(C)C. The number of benzene rings is 1. The van der Waals surface area contributed by atoms with Gasteiger partial charge in [0.1, 0.15) is 0 Å². The third-order valence-corrected chi connectivity index (χ3v) is 2.50. The van der Waals surface area contributed by atoms with Crippen LogP contribution in [-0.4, -0.2) is 31.7 Å². The lowest BCUT2D eigenvalue weighted by molar-refractivity contribution is 0.0927. The summed E-state index contributed by atoms with van der Waals surface area (Å²) >= 11 is 0. The van der Waals surface area contributed by atoms with E-state index < -0.39 is 0 Å². The van der Waals surface area contributed by atoms with Crippen LogP contribution in [0, 0.1) is 0 Å². The number of hydrogen-bond donors (Lipinski definition) is 2. The number of amides is 1. The molecule has 1 amide bonds. The summed E-state index contributed by atoms with van der Waals surface area (Å²) in [4.78, 5) is 12.1. The fourth-order valence-corrected chi connectivity index (χ4v) is 1.70. The van der Waals surface area contributed by atoms with Crippen LogP contribution in [0.5, 0.6) is 0 Å². The zero-order valence-corrected chi connectivity index (χ0v) is 12.5. The lowest BCUT2D eigenvalue weighted by Crippen LogP contribution is -2.28. The van der Waals surface area contributed by atoms with Crippen LogP contribution in [0.15, 0.2) is 36.4 Å². The first-order valence-corrected chi connectivity index (χ1v) is 6.86. The molecule has 20 heavy (non-hydrogen) atoms. The van der Waals surface area contributed by atoms with Crippen LogP contribution in [0.1, 0.15) is 31.1 Å². The fourth-order valence-electron chi connectivity index (χ4n) is 1.70. The van der Waals surface area contributed by atoms with Crippen LogP contribution in [0.3, 0.4) is 0 Å². The second kappa shape index (κ2) is 8.38. The Morgan fingerprint density at radius 2 is 2.05 bits per heavy atom. The average Bonchev–Trinajstić information content (AvgIpc) is 2.37. The minimum absolute atomic E-state index is 0.0901. The molecule has 1 aromatic rings. The van der Waals surface area contributed by atoms with E-state index in [9.17, 15) is 4.79 Å². The molecule has 0 heterocycles. The number of nitrogens with one attached hydrogen (secondary N) is 2. The van der Waals surface area contributed by atoms with Crippen molar-refractivity contribution in [2.45, 2.75) is 26.8 Å². The number of hydrogen-bond acceptors (Lipinski definition) is 3. The maximum Gasteiger partial charge on any atom is 0.253 e. The predicted octanol–water partition coefficient (Wildman–Crippen LogP) is 2.83. The summed E-state index contributed by atoms with van der Waals surface area (Å²) < 4.78 is 5.35. The molecule has 4 heteroatoms. The van der Waals surface area contributed by atoms with Gasteiger partial charge in [-0.25, -0.2) is 0 Å². The molecule has 0 atom stereocenters. The molecule has 1 aromatic carbocycles. The molecular formula is C16H24N2O2. The Kier molecular flexibility index (Phi) is 6.81. The number of carbonyl (C=O) groups is 1. The van der Waals surface area contributed by atoms with Gasteiger partial charge in [0.2, 0.25) is 0 Å². The van der Waals surface area contributed by atoms with E-state index >= 15 is 0 Å². The highest BCUT2D eigenvalue weighted by Gasteiger charge is 2.10. The van der Waals surface area contributed by atoms with Gasteiger partial charge in [-0.2, -0.15) is 0 Å². The Balaban J connectivity index is 2.48. The van der Waals surface area contributed by atoms with Gasteiger partial charge >= 0.3 is 0 Å². The minimum atomic E-state index is -0.0901. The largest absolute Gasteiger partial charge is 0.382 e. The molecule has 0 fully saturated rings. The van der Waals surface area contributed by atoms with Crippen molar-refractivity contribution >= 4 is 11.6 Å². The van der Waals surface area contributed by atoms with Gasteiger partial charge in [-0.05, 0) is 32.9 Å². The molecule has 0 aromatic heterocycles. The topological polar surface area (TPSA) is 50.4 Å². The molecule has 0 radical (unpaired) electrons. The first kappa shape index (κ1) is 16.2. The summed E-state index contributed by atoms with van der Waals surface area (Å²) in [6, 6.07) is 7.78. The van der Waals surface area contributed by atoms with Crippen LogP contribution in [0.2, 0.25) is 0 Å². The first-order chi connectivity index (χ1) is 9.50. The predicted molar refractivity (Wildman–Crippen MR) is 83.2 cm³/mol. The average molecular weight is 276 g/mol. The van der Waals surface area contributed by atoms with Crippen LogP contribution < -0.4 is 10.6 Å². The van der Waals surface area contributed by atoms with Gasteiger partial charge in [0.25, 0.3) is 5.91 Å². The van der Waals surface area contributed by atoms with E-state index in [0.29, 0.717) is 25.3 Å². The minimum Gasteiger partial charge on any atom is -0.382 e. The van der Waals surface area contributed by atoms with Gasteiger partial charge < -0.3 is 15.4 Å². The number of para-hydroxylation sites is 1. The second-order valence-electron chi connectivity index (χ2n) is 5.11. The normalized spacial score (nSPS) is 10.4. The van der Waals surface area contributed by atoms with Crippen molar-refractivity contribution in [2.24, 2.45) is 0 Å². The summed E-state index contributed by atoms with van der Waals surface area (Å²) in [6.07, 6.45) is 0. The standard InChI is InChI=1S/C16H24N2O2/c1-12(2)11-20-10-9-17-16(19)14-7-5-6-8-15(14)18-13(3)4/h5-8,13,18H,1,9-11H2,2-4H3,(H,17,19). The maximum atomic E-state index is 12.1. The first-order valence-electron chi connectivity index (χ1n) is 6.86. The summed E-state index contributed by atoms with van der Waals surface area (Å²) in [5, 5.41) is 6.12. The highest BCUT2D eigenvalue weighted by Crippen LogP contribution is 2.15. The molecular weight excluding hydrogens is 252 g/mol. The van der Waals surface area contributed by atoms with Crippen LogP contribution in [0.4, 0.5) is 5.69 Å². The highest BCUT2D eigenvalue weighted by molar-refractivity contribution is 5.99. The van der Waals surface area contributed by atoms with E-state index in [4.69, 9.17) is 4.74 Å². The van der Waals surface area contributed by atoms with Crippen molar-refractivity contribution in [3.63, 3.8) is 0 Å². The second-order valence-corrected chi connectivity index (χ2v) is 5.11. The zero-order valence-electron chi connectivity index (χ0n) is 12.5. The molecule has 0 aliphatic rings. The third kappa shape index (κ3) is 5.89. The molecule has 2 N–H and O–H groups in total. The van der Waals surface area contributed by atoms with Crippen LogP contribution in [0.25, 0.3) is 0 Å². The summed E-state index contributed by atoms with van der Waals surface area (Å²) in [5.41, 5.74) is 2.48. The van der Waals surface area contributed by atoms with Gasteiger partial charge in [0.15, 0.2) is 0 Å². The highest BCUT2D eigenvalue weighted by atomic mass is 16.5. The molecule has 0 saturated carbocycles. The van der Waals surface area contributed by atoms with E-state index in [2.05, 4.69) is 17.2 Å². The van der Waals surface area contributed by atoms with Gasteiger partial charge in [-0.15, -0.1) is 0 Å². The molecule has 1 rings (SSSR count). The maximum absolute atomic E-state index is 12.1. The smallest absolute Gasteiger partial charge is 0.253 e. The fraction of sp³-hybridized carbons (Fsp3) is 0.438. The van der Waals surface area contributed by atoms with Crippen LogP contribution in [-0.2, 0) is 4.74 Å². The zero-order chi connectivity index (χ0) is 15.0. The summed E-state index contributed by atoms with van der Waals surface area (Å²) in [5.74, 6) is -0.0901. The Bertz CT molecular complexity index is 456. The number of ether oxygens (including phenoxy) is 1. The van der Waals surface area contributed by atoms with E-state index in [-0.39, 0.29) is 11.9 Å². The van der Waals surface area contributed by atoms with Gasteiger partial charge in [-0.3, -0.25) is 4.79 Å². The molecule has 0 aliphatic heterocycles. The Labute approximate surface area is 121 Å². The van der Waals surface area contributed by atoms with E-state index in [1.807, 2.05) is 45.0 Å². The Morgan fingerprint density at radius 3 is 2.70 bits per heavy atom. The molecule has 4 nitrogen and oxygen atoms in total. The van der Waals surface area contributed by atoms with Gasteiger partial charge in [0, 0.05) is 18.3 Å². The van der Waals surface area contributed by atoms with E-state index in [1.54, 1.807) is 0 Å². The number of rotatable bonds is 8. The van der Waals surface area contributed by atoms with E-state index in [0.717, 1.165) is 11.3 Å². The molecule has 0 spiro atoms. The number of carbonyl (C=O) groups excluding carboxylic acids is 1. The van der Waals surface area contributed by atoms with Gasteiger partial charge in [0.05, 0.1) is 18.8 Å². The molecule has 0 aliphatic carbocycles. The Hall–Kier alpha value is -1.81. The summed E-state index contributed by atoms with van der Waals surface area (Å²) in [7, 11) is 0. The molecule has 0 bridgehead atoms. The third-order valence-electron chi connectivity index (χ3n) is 2.50. The molecule has 0 saturated heterocycles. The monoisotopic (exact) mass is 276 g/mol. The Morgan fingerprint density at radius 1 is 1.35 bits per heavy atom. The lowest BCUT2D eigenvalue weighted by Gasteiger charge is -2.14. The van der Waals surface area contributed by atoms with Crippen LogP contribution >= 0.6 is 0 Å². The summed E-state index contributed by atoms with van der Waals surface area (Å²) in [6.45, 7) is 11.2. The number of anilines is 1.